The van der Waals surface area contributed by atoms with Gasteiger partial charge in [-0.3, -0.25) is 14.0 Å². The molecule has 0 radical (unpaired) electrons. The van der Waals surface area contributed by atoms with Crippen molar-refractivity contribution in [3.05, 3.63) is 35.0 Å². The predicted molar refractivity (Wildman–Crippen MR) is 116 cm³/mol. The van der Waals surface area contributed by atoms with Gasteiger partial charge in [-0.25, -0.2) is 0 Å². The zero-order valence-corrected chi connectivity index (χ0v) is 19.4. The Kier molecular flexibility index (Phi) is 7.87. The minimum absolute atomic E-state index is 0.00410. The van der Waals surface area contributed by atoms with Gasteiger partial charge in [-0.2, -0.15) is 13.2 Å². The average Bonchev–Trinajstić information content (AvgIpc) is 3.33. The van der Waals surface area contributed by atoms with Gasteiger partial charge < -0.3 is 14.8 Å². The Morgan fingerprint density at radius 1 is 1.27 bits per heavy atom. The number of thioether (sulfide) groups is 1. The molecule has 0 bridgehead atoms. The number of hydrogen-bond acceptors (Lipinski definition) is 7. The largest absolute Gasteiger partial charge is 0.479 e. The first-order valence-corrected chi connectivity index (χ1v) is 10.8. The number of methoxy groups -OCH3 is 2. The number of anilines is 1. The molecule has 1 aromatic carbocycles. The third kappa shape index (κ3) is 5.97. The van der Waals surface area contributed by atoms with Crippen molar-refractivity contribution in [1.82, 2.24) is 24.5 Å². The summed E-state index contributed by atoms with van der Waals surface area (Å²) in [6, 6.07) is 2.72. The standard InChI is InChI=1S/C19H20ClF3N6O3S/c1-28-9-12(17(27-28)32-3)16-25-26-18(29(16)6-7-31-2)33-10-15(30)24-14-8-11(19(21,22)23)4-5-13(14)20/h4-5,8-9H,6-7,10H2,1-3H3,(H,24,30). The minimum Gasteiger partial charge on any atom is -0.479 e. The summed E-state index contributed by atoms with van der Waals surface area (Å²) in [6.45, 7) is 0.744. The summed E-state index contributed by atoms with van der Waals surface area (Å²) in [5.74, 6) is 0.142. The third-order valence-corrected chi connectivity index (χ3v) is 5.66. The molecular weight excluding hydrogens is 485 g/mol. The molecule has 0 spiro atoms. The van der Waals surface area contributed by atoms with Crippen molar-refractivity contribution in [3.8, 4) is 17.3 Å². The number of halogens is 4. The van der Waals surface area contributed by atoms with Crippen LogP contribution >= 0.6 is 23.4 Å². The number of carbonyl (C=O) groups excluding carboxylic acids is 1. The number of carbonyl (C=O) groups is 1. The maximum absolute atomic E-state index is 12.9. The lowest BCUT2D eigenvalue weighted by Gasteiger charge is -2.12. The smallest absolute Gasteiger partial charge is 0.416 e. The van der Waals surface area contributed by atoms with Crippen molar-refractivity contribution >= 4 is 35.0 Å². The molecule has 3 aromatic rings. The van der Waals surface area contributed by atoms with Crippen LogP contribution in [0.5, 0.6) is 5.88 Å². The van der Waals surface area contributed by atoms with Gasteiger partial charge in [0.2, 0.25) is 11.8 Å². The van der Waals surface area contributed by atoms with Crippen LogP contribution in [0.15, 0.2) is 29.6 Å². The van der Waals surface area contributed by atoms with Crippen molar-refractivity contribution in [3.63, 3.8) is 0 Å². The molecule has 3 rings (SSSR count). The maximum Gasteiger partial charge on any atom is 0.416 e. The Hall–Kier alpha value is -2.77. The molecule has 0 aliphatic rings. The van der Waals surface area contributed by atoms with E-state index < -0.39 is 17.6 Å². The summed E-state index contributed by atoms with van der Waals surface area (Å²) in [5, 5.41) is 15.4. The van der Waals surface area contributed by atoms with Gasteiger partial charge in [-0.05, 0) is 18.2 Å². The lowest BCUT2D eigenvalue weighted by Crippen LogP contribution is -2.16. The van der Waals surface area contributed by atoms with Gasteiger partial charge in [0, 0.05) is 20.4 Å². The molecular formula is C19H20ClF3N6O3S. The number of nitrogens with zero attached hydrogens (tertiary/aromatic N) is 5. The predicted octanol–water partition coefficient (Wildman–Crippen LogP) is 3.74. The van der Waals surface area contributed by atoms with E-state index in [1.165, 1.54) is 7.11 Å². The Balaban J connectivity index is 1.77. The number of benzene rings is 1. The molecule has 0 atom stereocenters. The van der Waals surface area contributed by atoms with Crippen LogP contribution in [-0.4, -0.2) is 57.0 Å². The zero-order valence-electron chi connectivity index (χ0n) is 17.8. The maximum atomic E-state index is 12.9. The number of aryl methyl sites for hydroxylation is 1. The minimum atomic E-state index is -4.56. The van der Waals surface area contributed by atoms with Crippen molar-refractivity contribution in [2.24, 2.45) is 7.05 Å². The first kappa shape index (κ1) is 24.9. The van der Waals surface area contributed by atoms with Crippen LogP contribution in [0.1, 0.15) is 5.56 Å². The van der Waals surface area contributed by atoms with Crippen molar-refractivity contribution in [2.75, 3.05) is 31.9 Å². The van der Waals surface area contributed by atoms with E-state index in [-0.39, 0.29) is 16.5 Å². The van der Waals surface area contributed by atoms with Crippen LogP contribution in [-0.2, 0) is 29.3 Å². The van der Waals surface area contributed by atoms with Crippen LogP contribution in [0, 0.1) is 0 Å². The van der Waals surface area contributed by atoms with Gasteiger partial charge in [0.25, 0.3) is 0 Å². The molecule has 178 valence electrons. The van der Waals surface area contributed by atoms with Crippen molar-refractivity contribution < 1.29 is 27.4 Å². The second-order valence-electron chi connectivity index (χ2n) is 6.71. The van der Waals surface area contributed by atoms with Gasteiger partial charge >= 0.3 is 6.18 Å². The Morgan fingerprint density at radius 2 is 2.03 bits per heavy atom. The number of ether oxygens (including phenoxy) is 2. The fourth-order valence-electron chi connectivity index (χ4n) is 2.86. The highest BCUT2D eigenvalue weighted by atomic mass is 35.5. The van der Waals surface area contributed by atoms with E-state index in [0.717, 1.165) is 30.0 Å². The molecule has 0 aliphatic carbocycles. The van der Waals surface area contributed by atoms with Crippen molar-refractivity contribution in [2.45, 2.75) is 17.9 Å². The average molecular weight is 505 g/mol. The number of amides is 1. The molecule has 1 amide bonds. The van der Waals surface area contributed by atoms with E-state index in [1.807, 2.05) is 0 Å². The lowest BCUT2D eigenvalue weighted by molar-refractivity contribution is -0.137. The van der Waals surface area contributed by atoms with E-state index in [0.29, 0.717) is 35.6 Å². The fourth-order valence-corrected chi connectivity index (χ4v) is 3.79. The van der Waals surface area contributed by atoms with E-state index in [1.54, 1.807) is 29.6 Å². The Morgan fingerprint density at radius 3 is 2.70 bits per heavy atom. The summed E-state index contributed by atoms with van der Waals surface area (Å²) >= 11 is 7.01. The van der Waals surface area contributed by atoms with Gasteiger partial charge in [0.1, 0.15) is 5.56 Å². The fraction of sp³-hybridized carbons (Fsp3) is 0.368. The normalized spacial score (nSPS) is 11.6. The second kappa shape index (κ2) is 10.4. The van der Waals surface area contributed by atoms with E-state index in [2.05, 4.69) is 20.6 Å². The third-order valence-electron chi connectivity index (χ3n) is 4.37. The molecule has 2 heterocycles. The number of hydrogen-bond donors (Lipinski definition) is 1. The van der Waals surface area contributed by atoms with Gasteiger partial charge in [-0.15, -0.1) is 15.3 Å². The highest BCUT2D eigenvalue weighted by Crippen LogP contribution is 2.34. The molecule has 0 saturated carbocycles. The summed E-state index contributed by atoms with van der Waals surface area (Å²) in [6.07, 6.45) is -2.83. The molecule has 0 unspecified atom stereocenters. The summed E-state index contributed by atoms with van der Waals surface area (Å²) in [7, 11) is 4.77. The first-order valence-electron chi connectivity index (χ1n) is 9.43. The highest BCUT2D eigenvalue weighted by molar-refractivity contribution is 7.99. The lowest BCUT2D eigenvalue weighted by atomic mass is 10.2. The van der Waals surface area contributed by atoms with Crippen LogP contribution in [0.3, 0.4) is 0 Å². The topological polar surface area (TPSA) is 96.1 Å². The number of alkyl halides is 3. The Bertz CT molecular complexity index is 1130. The number of nitrogens with one attached hydrogen (secondary N) is 1. The van der Waals surface area contributed by atoms with Crippen LogP contribution < -0.4 is 10.1 Å². The molecule has 33 heavy (non-hydrogen) atoms. The van der Waals surface area contributed by atoms with E-state index >= 15 is 0 Å². The van der Waals surface area contributed by atoms with Crippen LogP contribution in [0.4, 0.5) is 18.9 Å². The Labute approximate surface area is 196 Å². The molecule has 2 aromatic heterocycles. The SMILES string of the molecule is COCCn1c(SCC(=O)Nc2cc(C(F)(F)F)ccc2Cl)nnc1-c1cn(C)nc1OC. The van der Waals surface area contributed by atoms with Crippen LogP contribution in [0.2, 0.25) is 5.02 Å². The van der Waals surface area contributed by atoms with Gasteiger partial charge in [-0.1, -0.05) is 23.4 Å². The zero-order chi connectivity index (χ0) is 24.2. The number of rotatable bonds is 9. The van der Waals surface area contributed by atoms with Crippen molar-refractivity contribution in [1.29, 1.82) is 0 Å². The molecule has 9 nitrogen and oxygen atoms in total. The molecule has 0 fully saturated rings. The molecule has 14 heteroatoms. The second-order valence-corrected chi connectivity index (χ2v) is 8.06. The monoisotopic (exact) mass is 504 g/mol. The molecule has 0 aliphatic heterocycles. The van der Waals surface area contributed by atoms with E-state index in [4.69, 9.17) is 21.1 Å². The first-order chi connectivity index (χ1) is 15.6. The number of aromatic nitrogens is 5. The quantitative estimate of drug-likeness (QED) is 0.443. The summed E-state index contributed by atoms with van der Waals surface area (Å²) < 4.78 is 52.6. The molecule has 0 saturated heterocycles. The molecule has 1 N–H and O–H groups in total. The highest BCUT2D eigenvalue weighted by Gasteiger charge is 2.31. The van der Waals surface area contributed by atoms with Gasteiger partial charge in [0.05, 0.1) is 42.3 Å². The summed E-state index contributed by atoms with van der Waals surface area (Å²) in [5.41, 5.74) is -0.432. The van der Waals surface area contributed by atoms with Gasteiger partial charge in [0.15, 0.2) is 11.0 Å². The van der Waals surface area contributed by atoms with Crippen LogP contribution in [0.25, 0.3) is 11.4 Å². The van der Waals surface area contributed by atoms with E-state index in [9.17, 15) is 18.0 Å². The summed E-state index contributed by atoms with van der Waals surface area (Å²) in [4.78, 5) is 12.4.